The highest BCUT2D eigenvalue weighted by Crippen LogP contribution is 2.33. The molecular weight excluding hydrogens is 390 g/mol. The van der Waals surface area contributed by atoms with Crippen LogP contribution in [0.3, 0.4) is 0 Å². The SMILES string of the molecule is Cc1ccc(-c2cc(-c3ccccc3C(N)=O)nc(CC(C)C)c2CNC(=O)O)cc1. The molecule has 31 heavy (non-hydrogen) atoms. The van der Waals surface area contributed by atoms with Gasteiger partial charge in [0, 0.05) is 28.9 Å². The highest BCUT2D eigenvalue weighted by Gasteiger charge is 2.19. The van der Waals surface area contributed by atoms with Crippen molar-refractivity contribution in [1.82, 2.24) is 10.3 Å². The van der Waals surface area contributed by atoms with Crippen molar-refractivity contribution in [2.24, 2.45) is 11.7 Å². The van der Waals surface area contributed by atoms with Gasteiger partial charge in [-0.1, -0.05) is 61.9 Å². The molecule has 0 unspecified atom stereocenters. The third kappa shape index (κ3) is 5.28. The molecule has 0 saturated heterocycles. The van der Waals surface area contributed by atoms with Crippen molar-refractivity contribution in [1.29, 1.82) is 0 Å². The molecule has 3 rings (SSSR count). The summed E-state index contributed by atoms with van der Waals surface area (Å²) in [5, 5.41) is 11.7. The summed E-state index contributed by atoms with van der Waals surface area (Å²) in [6, 6.07) is 17.1. The Kier molecular flexibility index (Phi) is 6.70. The average molecular weight is 418 g/mol. The number of primary amides is 1. The van der Waals surface area contributed by atoms with E-state index in [0.717, 1.165) is 27.9 Å². The molecule has 0 aliphatic heterocycles. The number of rotatable bonds is 7. The lowest BCUT2D eigenvalue weighted by atomic mass is 9.92. The highest BCUT2D eigenvalue weighted by atomic mass is 16.4. The van der Waals surface area contributed by atoms with Gasteiger partial charge in [0.15, 0.2) is 0 Å². The molecule has 6 heteroatoms. The molecule has 0 aliphatic rings. The highest BCUT2D eigenvalue weighted by molar-refractivity contribution is 5.99. The average Bonchev–Trinajstić information content (AvgIpc) is 2.72. The Balaban J connectivity index is 2.29. The second kappa shape index (κ2) is 9.43. The number of hydrogen-bond acceptors (Lipinski definition) is 3. The maximum absolute atomic E-state index is 12.0. The molecule has 0 saturated carbocycles. The van der Waals surface area contributed by atoms with Crippen molar-refractivity contribution in [3.63, 3.8) is 0 Å². The topological polar surface area (TPSA) is 105 Å². The Labute approximate surface area is 182 Å². The number of benzene rings is 2. The fourth-order valence-electron chi connectivity index (χ4n) is 3.59. The van der Waals surface area contributed by atoms with Crippen LogP contribution in [0, 0.1) is 12.8 Å². The smallest absolute Gasteiger partial charge is 0.404 e. The number of aryl methyl sites for hydroxylation is 1. The second-order valence-electron chi connectivity index (χ2n) is 8.01. The van der Waals surface area contributed by atoms with Crippen molar-refractivity contribution < 1.29 is 14.7 Å². The Hall–Kier alpha value is -3.67. The van der Waals surface area contributed by atoms with Gasteiger partial charge in [0.1, 0.15) is 0 Å². The van der Waals surface area contributed by atoms with Crippen LogP contribution in [0.15, 0.2) is 54.6 Å². The number of carbonyl (C=O) groups excluding carboxylic acids is 1. The molecule has 2 amide bonds. The van der Waals surface area contributed by atoms with Crippen LogP contribution in [-0.4, -0.2) is 22.1 Å². The summed E-state index contributed by atoms with van der Waals surface area (Å²) in [4.78, 5) is 28.1. The molecule has 0 aliphatic carbocycles. The number of nitrogens with zero attached hydrogens (tertiary/aromatic N) is 1. The molecule has 160 valence electrons. The van der Waals surface area contributed by atoms with Crippen LogP contribution in [0.1, 0.15) is 41.0 Å². The molecule has 0 atom stereocenters. The predicted molar refractivity (Wildman–Crippen MR) is 122 cm³/mol. The minimum absolute atomic E-state index is 0.144. The Morgan fingerprint density at radius 3 is 2.35 bits per heavy atom. The fraction of sp³-hybridized carbons (Fsp3) is 0.240. The Bertz CT molecular complexity index is 1110. The van der Waals surface area contributed by atoms with Crippen molar-refractivity contribution in [3.05, 3.63) is 77.0 Å². The second-order valence-corrected chi connectivity index (χ2v) is 8.01. The van der Waals surface area contributed by atoms with Crippen molar-refractivity contribution in [3.8, 4) is 22.4 Å². The third-order valence-corrected chi connectivity index (χ3v) is 5.06. The minimum atomic E-state index is -1.09. The van der Waals surface area contributed by atoms with Gasteiger partial charge in [-0.3, -0.25) is 9.78 Å². The standard InChI is InChI=1S/C25H27N3O3/c1-15(2)12-22-21(14-27-25(30)31)20(17-10-8-16(3)9-11-17)13-23(28-22)18-6-4-5-7-19(18)24(26)29/h4-11,13,15,27H,12,14H2,1-3H3,(H2,26,29)(H,30,31). The molecule has 0 spiro atoms. The zero-order valence-corrected chi connectivity index (χ0v) is 18.0. The summed E-state index contributed by atoms with van der Waals surface area (Å²) in [6.45, 7) is 6.34. The Morgan fingerprint density at radius 2 is 1.74 bits per heavy atom. The summed E-state index contributed by atoms with van der Waals surface area (Å²) < 4.78 is 0. The minimum Gasteiger partial charge on any atom is -0.465 e. The number of carboxylic acid groups (broad SMARTS) is 1. The first kappa shape index (κ1) is 22.0. The zero-order valence-electron chi connectivity index (χ0n) is 18.0. The van der Waals surface area contributed by atoms with Crippen LogP contribution < -0.4 is 11.1 Å². The van der Waals surface area contributed by atoms with Gasteiger partial charge < -0.3 is 16.2 Å². The number of nitrogens with two attached hydrogens (primary N) is 1. The molecule has 4 N–H and O–H groups in total. The molecule has 0 radical (unpaired) electrons. The van der Waals surface area contributed by atoms with Gasteiger partial charge in [-0.15, -0.1) is 0 Å². The molecular formula is C25H27N3O3. The van der Waals surface area contributed by atoms with Crippen LogP contribution in [0.4, 0.5) is 4.79 Å². The maximum Gasteiger partial charge on any atom is 0.404 e. The van der Waals surface area contributed by atoms with Gasteiger partial charge in [-0.05, 0) is 42.5 Å². The van der Waals surface area contributed by atoms with Gasteiger partial charge in [0.05, 0.1) is 5.69 Å². The summed E-state index contributed by atoms with van der Waals surface area (Å²) in [6.07, 6.45) is -0.421. The Morgan fingerprint density at radius 1 is 1.06 bits per heavy atom. The van der Waals surface area contributed by atoms with E-state index in [2.05, 4.69) is 19.2 Å². The van der Waals surface area contributed by atoms with Crippen LogP contribution >= 0.6 is 0 Å². The van der Waals surface area contributed by atoms with E-state index in [4.69, 9.17) is 10.7 Å². The number of hydrogen-bond donors (Lipinski definition) is 3. The van der Waals surface area contributed by atoms with E-state index in [-0.39, 0.29) is 6.54 Å². The number of amides is 2. The lowest BCUT2D eigenvalue weighted by Gasteiger charge is -2.19. The van der Waals surface area contributed by atoms with E-state index < -0.39 is 12.0 Å². The summed E-state index contributed by atoms with van der Waals surface area (Å²) in [5.41, 5.74) is 11.9. The lowest BCUT2D eigenvalue weighted by molar-refractivity contribution is 0.100. The largest absolute Gasteiger partial charge is 0.465 e. The van der Waals surface area contributed by atoms with E-state index in [1.165, 1.54) is 0 Å². The zero-order chi connectivity index (χ0) is 22.5. The van der Waals surface area contributed by atoms with Gasteiger partial charge in [-0.2, -0.15) is 0 Å². The van der Waals surface area contributed by atoms with E-state index in [0.29, 0.717) is 29.2 Å². The quantitative estimate of drug-likeness (QED) is 0.514. The van der Waals surface area contributed by atoms with Crippen LogP contribution in [0.5, 0.6) is 0 Å². The number of carbonyl (C=O) groups is 2. The molecule has 0 bridgehead atoms. The third-order valence-electron chi connectivity index (χ3n) is 5.06. The van der Waals surface area contributed by atoms with Crippen molar-refractivity contribution in [2.75, 3.05) is 0 Å². The van der Waals surface area contributed by atoms with E-state index in [1.807, 2.05) is 49.4 Å². The van der Waals surface area contributed by atoms with Crippen LogP contribution in [-0.2, 0) is 13.0 Å². The first-order valence-electron chi connectivity index (χ1n) is 10.2. The molecule has 1 aromatic heterocycles. The van der Waals surface area contributed by atoms with Gasteiger partial charge >= 0.3 is 6.09 Å². The van der Waals surface area contributed by atoms with Gasteiger partial charge in [-0.25, -0.2) is 4.79 Å². The molecule has 0 fully saturated rings. The summed E-state index contributed by atoms with van der Waals surface area (Å²) >= 11 is 0. The summed E-state index contributed by atoms with van der Waals surface area (Å²) in [5.74, 6) is -0.208. The maximum atomic E-state index is 12.0. The first-order chi connectivity index (χ1) is 14.8. The summed E-state index contributed by atoms with van der Waals surface area (Å²) in [7, 11) is 0. The van der Waals surface area contributed by atoms with Crippen molar-refractivity contribution >= 4 is 12.0 Å². The van der Waals surface area contributed by atoms with Crippen molar-refractivity contribution in [2.45, 2.75) is 33.7 Å². The number of nitrogens with one attached hydrogen (secondary N) is 1. The lowest BCUT2D eigenvalue weighted by Crippen LogP contribution is -2.22. The first-order valence-corrected chi connectivity index (χ1v) is 10.2. The van der Waals surface area contributed by atoms with Crippen LogP contribution in [0.25, 0.3) is 22.4 Å². The predicted octanol–water partition coefficient (Wildman–Crippen LogP) is 4.79. The normalized spacial score (nSPS) is 10.8. The monoisotopic (exact) mass is 417 g/mol. The van der Waals surface area contributed by atoms with E-state index in [1.54, 1.807) is 12.1 Å². The van der Waals surface area contributed by atoms with Gasteiger partial charge in [0.25, 0.3) is 0 Å². The molecule has 6 nitrogen and oxygen atoms in total. The van der Waals surface area contributed by atoms with E-state index >= 15 is 0 Å². The number of pyridine rings is 1. The molecule has 1 heterocycles. The number of aromatic nitrogens is 1. The molecule has 3 aromatic rings. The fourth-order valence-corrected chi connectivity index (χ4v) is 3.59. The molecule has 2 aromatic carbocycles. The van der Waals surface area contributed by atoms with Gasteiger partial charge in [0.2, 0.25) is 5.91 Å². The van der Waals surface area contributed by atoms with Crippen LogP contribution in [0.2, 0.25) is 0 Å². The van der Waals surface area contributed by atoms with E-state index in [9.17, 15) is 14.7 Å².